The molecule has 0 aliphatic heterocycles. The molecule has 0 aliphatic carbocycles. The molecule has 0 bridgehead atoms. The molecule has 0 aliphatic rings. The molecule has 0 N–H and O–H groups in total. The number of hydrogen-bond donors (Lipinski definition) is 0. The Kier molecular flexibility index (Phi) is 9.34. The van der Waals surface area contributed by atoms with E-state index in [1.807, 2.05) is 6.92 Å². The van der Waals surface area contributed by atoms with Crippen molar-refractivity contribution in [1.29, 1.82) is 0 Å². The van der Waals surface area contributed by atoms with Crippen LogP contribution >= 0.6 is 15.9 Å². The van der Waals surface area contributed by atoms with Crippen molar-refractivity contribution in [2.75, 3.05) is 33.0 Å². The van der Waals surface area contributed by atoms with Gasteiger partial charge in [0, 0.05) is 6.61 Å². The monoisotopic (exact) mass is 268 g/mol. The molecule has 0 spiro atoms. The third-order valence-corrected chi connectivity index (χ3v) is 1.75. The lowest BCUT2D eigenvalue weighted by atomic mass is 10.5. The Morgan fingerprint density at radius 2 is 1.79 bits per heavy atom. The van der Waals surface area contributed by atoms with Gasteiger partial charge in [0.2, 0.25) is 0 Å². The van der Waals surface area contributed by atoms with Gasteiger partial charge >= 0.3 is 5.97 Å². The number of hydrogen-bond acceptors (Lipinski definition) is 4. The predicted molar refractivity (Wildman–Crippen MR) is 56.7 cm³/mol. The Morgan fingerprint density at radius 1 is 1.21 bits per heavy atom. The first-order valence-corrected chi connectivity index (χ1v) is 5.56. The molecule has 5 heteroatoms. The van der Waals surface area contributed by atoms with E-state index in [1.54, 1.807) is 6.92 Å². The second-order valence-electron chi connectivity index (χ2n) is 2.59. The smallest absolute Gasteiger partial charge is 0.319 e. The summed E-state index contributed by atoms with van der Waals surface area (Å²) >= 11 is 3.11. The third kappa shape index (κ3) is 8.47. The largest absolute Gasteiger partial charge is 0.462 e. The molecule has 0 amide bonds. The van der Waals surface area contributed by atoms with Crippen LogP contribution < -0.4 is 0 Å². The normalized spacial score (nSPS) is 12.5. The van der Waals surface area contributed by atoms with Crippen LogP contribution in [0.3, 0.4) is 0 Å². The molecule has 0 aromatic carbocycles. The van der Waals surface area contributed by atoms with Gasteiger partial charge in [-0.15, -0.1) is 0 Å². The average molecular weight is 269 g/mol. The topological polar surface area (TPSA) is 44.8 Å². The van der Waals surface area contributed by atoms with Crippen molar-refractivity contribution < 1.29 is 19.0 Å². The van der Waals surface area contributed by atoms with Gasteiger partial charge in [-0.3, -0.25) is 4.79 Å². The highest BCUT2D eigenvalue weighted by molar-refractivity contribution is 9.10. The van der Waals surface area contributed by atoms with E-state index in [-0.39, 0.29) is 10.8 Å². The fourth-order valence-corrected chi connectivity index (χ4v) is 0.812. The van der Waals surface area contributed by atoms with Gasteiger partial charge in [0.25, 0.3) is 0 Å². The summed E-state index contributed by atoms with van der Waals surface area (Å²) in [6.07, 6.45) is 0. The quantitative estimate of drug-likeness (QED) is 0.379. The highest BCUT2D eigenvalue weighted by Gasteiger charge is 2.08. The summed E-state index contributed by atoms with van der Waals surface area (Å²) in [5.41, 5.74) is 0. The molecule has 84 valence electrons. The van der Waals surface area contributed by atoms with Gasteiger partial charge in [-0.1, -0.05) is 15.9 Å². The Hall–Kier alpha value is -0.130. The van der Waals surface area contributed by atoms with Crippen LogP contribution in [0.1, 0.15) is 13.8 Å². The van der Waals surface area contributed by atoms with E-state index in [0.29, 0.717) is 33.0 Å². The molecule has 4 nitrogen and oxygen atoms in total. The number of carbonyl (C=O) groups excluding carboxylic acids is 1. The average Bonchev–Trinajstić information content (AvgIpc) is 2.16. The fraction of sp³-hybridized carbons (Fsp3) is 0.889. The van der Waals surface area contributed by atoms with Crippen LogP contribution in [0.15, 0.2) is 0 Å². The molecule has 0 unspecified atom stereocenters. The summed E-state index contributed by atoms with van der Waals surface area (Å²) in [5, 5.41) is 0. The zero-order valence-corrected chi connectivity index (χ0v) is 10.2. The minimum absolute atomic E-state index is 0.258. The van der Waals surface area contributed by atoms with Crippen LogP contribution in [-0.2, 0) is 19.0 Å². The van der Waals surface area contributed by atoms with Gasteiger partial charge < -0.3 is 14.2 Å². The predicted octanol–water partition coefficient (Wildman–Crippen LogP) is 1.37. The Labute approximate surface area is 93.0 Å². The SMILES string of the molecule is CCOCCOCCOC(=O)[C@H](C)Br. The number of rotatable bonds is 8. The van der Waals surface area contributed by atoms with Gasteiger partial charge in [0.05, 0.1) is 19.8 Å². The van der Waals surface area contributed by atoms with Gasteiger partial charge in [-0.2, -0.15) is 0 Å². The lowest BCUT2D eigenvalue weighted by Gasteiger charge is -2.06. The summed E-state index contributed by atoms with van der Waals surface area (Å²) in [5.74, 6) is -0.265. The van der Waals surface area contributed by atoms with E-state index in [2.05, 4.69) is 15.9 Å². The zero-order chi connectivity index (χ0) is 10.8. The van der Waals surface area contributed by atoms with E-state index in [4.69, 9.17) is 14.2 Å². The molecular weight excluding hydrogens is 252 g/mol. The molecule has 0 saturated heterocycles. The molecule has 0 radical (unpaired) electrons. The first kappa shape index (κ1) is 13.9. The molecule has 14 heavy (non-hydrogen) atoms. The maximum Gasteiger partial charge on any atom is 0.319 e. The second-order valence-corrected chi connectivity index (χ2v) is 3.97. The van der Waals surface area contributed by atoms with Crippen molar-refractivity contribution in [2.24, 2.45) is 0 Å². The van der Waals surface area contributed by atoms with E-state index < -0.39 is 0 Å². The first-order valence-electron chi connectivity index (χ1n) is 4.64. The highest BCUT2D eigenvalue weighted by atomic mass is 79.9. The summed E-state index contributed by atoms with van der Waals surface area (Å²) < 4.78 is 15.1. The number of alkyl halides is 1. The molecule has 0 rings (SSSR count). The van der Waals surface area contributed by atoms with Crippen molar-refractivity contribution in [2.45, 2.75) is 18.7 Å². The van der Waals surface area contributed by atoms with Gasteiger partial charge in [-0.25, -0.2) is 0 Å². The summed E-state index contributed by atoms with van der Waals surface area (Å²) in [6, 6.07) is 0. The van der Waals surface area contributed by atoms with Gasteiger partial charge in [-0.05, 0) is 13.8 Å². The van der Waals surface area contributed by atoms with Gasteiger partial charge in [0.15, 0.2) is 0 Å². The third-order valence-electron chi connectivity index (χ3n) is 1.37. The van der Waals surface area contributed by atoms with Crippen molar-refractivity contribution in [1.82, 2.24) is 0 Å². The van der Waals surface area contributed by atoms with E-state index in [9.17, 15) is 4.79 Å². The van der Waals surface area contributed by atoms with Crippen LogP contribution in [0, 0.1) is 0 Å². The van der Waals surface area contributed by atoms with Crippen LogP contribution in [0.5, 0.6) is 0 Å². The molecule has 0 fully saturated rings. The minimum Gasteiger partial charge on any atom is -0.462 e. The Bertz CT molecular complexity index is 150. The van der Waals surface area contributed by atoms with Crippen LogP contribution in [-0.4, -0.2) is 43.8 Å². The lowest BCUT2D eigenvalue weighted by Crippen LogP contribution is -2.17. The van der Waals surface area contributed by atoms with Crippen molar-refractivity contribution in [3.8, 4) is 0 Å². The zero-order valence-electron chi connectivity index (χ0n) is 8.62. The number of halogens is 1. The van der Waals surface area contributed by atoms with Crippen LogP contribution in [0.2, 0.25) is 0 Å². The maximum absolute atomic E-state index is 10.9. The van der Waals surface area contributed by atoms with Crippen molar-refractivity contribution in [3.05, 3.63) is 0 Å². The molecular formula is C9H17BrO4. The summed E-state index contributed by atoms with van der Waals surface area (Å²) in [4.78, 5) is 10.7. The second kappa shape index (κ2) is 9.43. The van der Waals surface area contributed by atoms with Crippen molar-refractivity contribution >= 4 is 21.9 Å². The number of esters is 1. The maximum atomic E-state index is 10.9. The van der Waals surface area contributed by atoms with E-state index >= 15 is 0 Å². The standard InChI is InChI=1S/C9H17BrO4/c1-3-12-4-5-13-6-7-14-9(11)8(2)10/h8H,3-7H2,1-2H3/t8-/m0/s1. The lowest BCUT2D eigenvalue weighted by molar-refractivity contribution is -0.144. The first-order chi connectivity index (χ1) is 6.68. The molecule has 1 atom stereocenters. The summed E-state index contributed by atoms with van der Waals surface area (Å²) in [6.45, 7) is 6.17. The number of ether oxygens (including phenoxy) is 3. The number of carbonyl (C=O) groups is 1. The fourth-order valence-electron chi connectivity index (χ4n) is 0.680. The Balaban J connectivity index is 3.10. The molecule has 0 aromatic heterocycles. The Morgan fingerprint density at radius 3 is 2.36 bits per heavy atom. The summed E-state index contributed by atoms with van der Waals surface area (Å²) in [7, 11) is 0. The van der Waals surface area contributed by atoms with Crippen LogP contribution in [0.25, 0.3) is 0 Å². The minimum atomic E-state index is -0.265. The molecule has 0 aromatic rings. The van der Waals surface area contributed by atoms with E-state index in [0.717, 1.165) is 0 Å². The highest BCUT2D eigenvalue weighted by Crippen LogP contribution is 1.99. The van der Waals surface area contributed by atoms with Crippen molar-refractivity contribution in [3.63, 3.8) is 0 Å². The van der Waals surface area contributed by atoms with Crippen LogP contribution in [0.4, 0.5) is 0 Å². The molecule has 0 saturated carbocycles. The molecule has 0 heterocycles. The van der Waals surface area contributed by atoms with Gasteiger partial charge in [0.1, 0.15) is 11.4 Å². The van der Waals surface area contributed by atoms with E-state index in [1.165, 1.54) is 0 Å².